The number of carbonyl (C=O) groups is 2. The molecule has 25 heavy (non-hydrogen) atoms. The lowest BCUT2D eigenvalue weighted by Gasteiger charge is -2.20. The summed E-state index contributed by atoms with van der Waals surface area (Å²) in [7, 11) is 2.97. The molecule has 0 bridgehead atoms. The molecule has 2 amide bonds. The van der Waals surface area contributed by atoms with Crippen molar-refractivity contribution in [2.24, 2.45) is 5.16 Å². The number of amides is 2. The van der Waals surface area contributed by atoms with Crippen molar-refractivity contribution in [3.05, 3.63) is 0 Å². The standard InChI is InChI=1S/C15H29N3O5S2/c1-6-7-8-9-10-21-11-12-22-14(19)17(3)25-18(4)15(20)23-16-13(2)24-5/h6-12H2,1-5H3. The monoisotopic (exact) mass is 395 g/mol. The van der Waals surface area contributed by atoms with Crippen LogP contribution in [0.3, 0.4) is 0 Å². The smallest absolute Gasteiger partial charge is 0.446 e. The molecule has 10 heteroatoms. The third-order valence-electron chi connectivity index (χ3n) is 2.90. The van der Waals surface area contributed by atoms with E-state index in [1.165, 1.54) is 43.0 Å². The Morgan fingerprint density at radius 2 is 1.68 bits per heavy atom. The number of ether oxygens (including phenoxy) is 2. The van der Waals surface area contributed by atoms with Gasteiger partial charge in [0.25, 0.3) is 0 Å². The van der Waals surface area contributed by atoms with Crippen molar-refractivity contribution < 1.29 is 23.9 Å². The fourth-order valence-electron chi connectivity index (χ4n) is 1.46. The summed E-state index contributed by atoms with van der Waals surface area (Å²) in [6, 6.07) is 0. The van der Waals surface area contributed by atoms with Gasteiger partial charge in [-0.3, -0.25) is 4.84 Å². The number of hydrogen-bond donors (Lipinski definition) is 0. The van der Waals surface area contributed by atoms with Crippen LogP contribution >= 0.6 is 23.9 Å². The largest absolute Gasteiger partial charge is 0.447 e. The molecule has 0 aliphatic carbocycles. The van der Waals surface area contributed by atoms with Crippen molar-refractivity contribution in [1.29, 1.82) is 0 Å². The van der Waals surface area contributed by atoms with Crippen LogP contribution in [-0.4, -0.2) is 66.0 Å². The molecule has 0 radical (unpaired) electrons. The third-order valence-corrected chi connectivity index (χ3v) is 4.36. The van der Waals surface area contributed by atoms with Gasteiger partial charge < -0.3 is 9.47 Å². The Kier molecular flexibility index (Phi) is 14.5. The summed E-state index contributed by atoms with van der Waals surface area (Å²) >= 11 is 2.22. The Morgan fingerprint density at radius 1 is 1.00 bits per heavy atom. The van der Waals surface area contributed by atoms with Crippen LogP contribution in [0.5, 0.6) is 0 Å². The molecule has 0 saturated heterocycles. The predicted molar refractivity (Wildman–Crippen MR) is 103 cm³/mol. The van der Waals surface area contributed by atoms with Crippen LogP contribution in [0.2, 0.25) is 0 Å². The number of hydrogen-bond acceptors (Lipinski definition) is 8. The van der Waals surface area contributed by atoms with E-state index in [2.05, 4.69) is 12.1 Å². The van der Waals surface area contributed by atoms with E-state index in [-0.39, 0.29) is 6.61 Å². The minimum atomic E-state index is -0.687. The minimum absolute atomic E-state index is 0.170. The zero-order valence-corrected chi connectivity index (χ0v) is 17.3. The van der Waals surface area contributed by atoms with Crippen LogP contribution in [0.15, 0.2) is 5.16 Å². The molecule has 0 aromatic carbocycles. The Labute approximate surface area is 158 Å². The van der Waals surface area contributed by atoms with E-state index in [0.717, 1.165) is 29.3 Å². The molecule has 0 heterocycles. The maximum Gasteiger partial charge on any atom is 0.447 e. The lowest BCUT2D eigenvalue weighted by Crippen LogP contribution is -2.30. The zero-order chi connectivity index (χ0) is 19.1. The van der Waals surface area contributed by atoms with Gasteiger partial charge in [-0.25, -0.2) is 18.2 Å². The average molecular weight is 396 g/mol. The summed E-state index contributed by atoms with van der Waals surface area (Å²) in [5, 5.41) is 4.26. The second kappa shape index (κ2) is 15.2. The summed E-state index contributed by atoms with van der Waals surface area (Å²) < 4.78 is 12.8. The Morgan fingerprint density at radius 3 is 2.32 bits per heavy atom. The SMILES string of the molecule is CCCCCCOCCOC(=O)N(C)SN(C)C(=O)ON=C(C)SC. The maximum atomic E-state index is 11.8. The highest BCUT2D eigenvalue weighted by Gasteiger charge is 2.19. The second-order valence-electron chi connectivity index (χ2n) is 5.04. The van der Waals surface area contributed by atoms with Crippen molar-refractivity contribution in [2.45, 2.75) is 39.5 Å². The maximum absolute atomic E-state index is 11.8. The number of nitrogens with zero attached hydrogens (tertiary/aromatic N) is 3. The van der Waals surface area contributed by atoms with Gasteiger partial charge in [-0.2, -0.15) is 0 Å². The Hall–Kier alpha value is -1.13. The van der Waals surface area contributed by atoms with E-state index in [1.54, 1.807) is 6.92 Å². The molecule has 0 atom stereocenters. The highest BCUT2D eigenvalue weighted by molar-refractivity contribution is 8.13. The summed E-state index contributed by atoms with van der Waals surface area (Å²) in [4.78, 5) is 28.2. The molecular weight excluding hydrogens is 366 g/mol. The molecule has 0 aliphatic rings. The summed E-state index contributed by atoms with van der Waals surface area (Å²) in [6.07, 6.45) is 5.13. The second-order valence-corrected chi connectivity index (χ2v) is 7.29. The quantitative estimate of drug-likeness (QED) is 0.131. The van der Waals surface area contributed by atoms with Crippen molar-refractivity contribution in [1.82, 2.24) is 8.61 Å². The molecule has 8 nitrogen and oxygen atoms in total. The van der Waals surface area contributed by atoms with Crippen LogP contribution in [0.4, 0.5) is 9.59 Å². The Bertz CT molecular complexity index is 424. The number of rotatable bonds is 11. The van der Waals surface area contributed by atoms with Crippen molar-refractivity contribution in [3.63, 3.8) is 0 Å². The molecule has 0 aliphatic heterocycles. The van der Waals surface area contributed by atoms with Gasteiger partial charge in [0.2, 0.25) is 0 Å². The van der Waals surface area contributed by atoms with E-state index in [9.17, 15) is 9.59 Å². The van der Waals surface area contributed by atoms with Gasteiger partial charge in [0.15, 0.2) is 0 Å². The zero-order valence-electron chi connectivity index (χ0n) is 15.6. The van der Waals surface area contributed by atoms with Crippen molar-refractivity contribution in [2.75, 3.05) is 40.2 Å². The number of thioether (sulfide) groups is 1. The molecule has 146 valence electrons. The fraction of sp³-hybridized carbons (Fsp3) is 0.800. The number of carbonyl (C=O) groups excluding carboxylic acids is 2. The van der Waals surface area contributed by atoms with Gasteiger partial charge in [-0.15, -0.1) is 11.8 Å². The van der Waals surface area contributed by atoms with Crippen LogP contribution in [0, 0.1) is 0 Å². The van der Waals surface area contributed by atoms with Gasteiger partial charge in [0, 0.05) is 20.7 Å². The van der Waals surface area contributed by atoms with E-state index in [0.29, 0.717) is 18.3 Å². The molecular formula is C15H29N3O5S2. The van der Waals surface area contributed by atoms with Gasteiger partial charge >= 0.3 is 12.2 Å². The van der Waals surface area contributed by atoms with E-state index >= 15 is 0 Å². The van der Waals surface area contributed by atoms with Crippen LogP contribution in [0.25, 0.3) is 0 Å². The average Bonchev–Trinajstić information content (AvgIpc) is 2.60. The van der Waals surface area contributed by atoms with E-state index < -0.39 is 12.2 Å². The van der Waals surface area contributed by atoms with Crippen molar-refractivity contribution >= 4 is 41.1 Å². The third kappa shape index (κ3) is 12.8. The first kappa shape index (κ1) is 23.9. The fourth-order valence-corrected chi connectivity index (χ4v) is 2.16. The van der Waals surface area contributed by atoms with E-state index in [1.807, 2.05) is 6.26 Å². The molecule has 0 N–H and O–H groups in total. The summed E-state index contributed by atoms with van der Waals surface area (Å²) in [5.74, 6) is 0. The molecule has 0 rings (SSSR count). The minimum Gasteiger partial charge on any atom is -0.446 e. The molecule has 0 aromatic rings. The molecule has 0 aromatic heterocycles. The van der Waals surface area contributed by atoms with Gasteiger partial charge in [0.1, 0.15) is 11.7 Å². The van der Waals surface area contributed by atoms with Gasteiger partial charge in [-0.05, 0) is 19.6 Å². The topological polar surface area (TPSA) is 80.7 Å². The number of oxime groups is 1. The highest BCUT2D eigenvalue weighted by atomic mass is 32.2. The molecule has 0 unspecified atom stereocenters. The lowest BCUT2D eigenvalue weighted by atomic mass is 10.2. The summed E-state index contributed by atoms with van der Waals surface area (Å²) in [5.41, 5.74) is 0. The van der Waals surface area contributed by atoms with Crippen LogP contribution in [-0.2, 0) is 14.3 Å². The van der Waals surface area contributed by atoms with Crippen molar-refractivity contribution in [3.8, 4) is 0 Å². The predicted octanol–water partition coefficient (Wildman–Crippen LogP) is 3.98. The first-order chi connectivity index (χ1) is 11.9. The Balaban J connectivity index is 3.88. The van der Waals surface area contributed by atoms with Crippen LogP contribution < -0.4 is 0 Å². The molecule has 0 saturated carbocycles. The molecule has 0 fully saturated rings. The lowest BCUT2D eigenvalue weighted by molar-refractivity contribution is 0.0655. The summed E-state index contributed by atoms with van der Waals surface area (Å²) in [6.45, 7) is 5.08. The van der Waals surface area contributed by atoms with Crippen LogP contribution in [0.1, 0.15) is 39.5 Å². The highest BCUT2D eigenvalue weighted by Crippen LogP contribution is 2.14. The normalized spacial score (nSPS) is 11.2. The first-order valence-corrected chi connectivity index (χ1v) is 10.1. The van der Waals surface area contributed by atoms with E-state index in [4.69, 9.17) is 14.3 Å². The molecule has 0 spiro atoms. The first-order valence-electron chi connectivity index (χ1n) is 8.11. The van der Waals surface area contributed by atoms with Gasteiger partial charge in [0.05, 0.1) is 18.7 Å². The van der Waals surface area contributed by atoms with Gasteiger partial charge in [-0.1, -0.05) is 31.3 Å². The number of unbranched alkanes of at least 4 members (excludes halogenated alkanes) is 3.